The first kappa shape index (κ1) is 11.1. The van der Waals surface area contributed by atoms with Crippen LogP contribution >= 0.6 is 11.8 Å². The molecule has 1 aromatic rings. The van der Waals surface area contributed by atoms with Crippen molar-refractivity contribution < 1.29 is 9.90 Å². The van der Waals surface area contributed by atoms with Crippen LogP contribution in [0.4, 0.5) is 0 Å². The fourth-order valence-electron chi connectivity index (χ4n) is 1.33. The highest BCUT2D eigenvalue weighted by Crippen LogP contribution is 2.23. The molecule has 0 heterocycles. The van der Waals surface area contributed by atoms with Crippen LogP contribution in [0, 0.1) is 0 Å². The highest BCUT2D eigenvalue weighted by molar-refractivity contribution is 7.98. The zero-order chi connectivity index (χ0) is 10.6. The SMILES string of the molecule is CSc1cccc(C(C)CC(=O)O)c1. The molecule has 1 rings (SSSR count). The quantitative estimate of drug-likeness (QED) is 0.776. The van der Waals surface area contributed by atoms with Crippen molar-refractivity contribution in [1.29, 1.82) is 0 Å². The summed E-state index contributed by atoms with van der Waals surface area (Å²) in [5.74, 6) is -0.661. The molecule has 0 aliphatic heterocycles. The third-order valence-corrected chi connectivity index (χ3v) is 2.87. The van der Waals surface area contributed by atoms with E-state index in [-0.39, 0.29) is 12.3 Å². The number of rotatable bonds is 4. The van der Waals surface area contributed by atoms with Crippen LogP contribution < -0.4 is 0 Å². The van der Waals surface area contributed by atoms with Crippen LogP contribution in [-0.2, 0) is 4.79 Å². The van der Waals surface area contributed by atoms with E-state index in [0.717, 1.165) is 5.56 Å². The third-order valence-electron chi connectivity index (χ3n) is 2.14. The molecule has 0 saturated carbocycles. The van der Waals surface area contributed by atoms with Gasteiger partial charge in [0.05, 0.1) is 6.42 Å². The Morgan fingerprint density at radius 3 is 2.86 bits per heavy atom. The second-order valence-corrected chi connectivity index (χ2v) is 4.16. The Morgan fingerprint density at radius 1 is 1.57 bits per heavy atom. The predicted molar refractivity (Wildman–Crippen MR) is 58.9 cm³/mol. The van der Waals surface area contributed by atoms with Crippen molar-refractivity contribution in [2.75, 3.05) is 6.26 Å². The van der Waals surface area contributed by atoms with Gasteiger partial charge in [-0.3, -0.25) is 4.79 Å². The summed E-state index contributed by atoms with van der Waals surface area (Å²) in [6.07, 6.45) is 2.21. The van der Waals surface area contributed by atoms with E-state index < -0.39 is 5.97 Å². The van der Waals surface area contributed by atoms with Crippen molar-refractivity contribution >= 4 is 17.7 Å². The number of aliphatic carboxylic acids is 1. The van der Waals surface area contributed by atoms with Crippen LogP contribution in [-0.4, -0.2) is 17.3 Å². The number of hydrogen-bond donors (Lipinski definition) is 1. The summed E-state index contributed by atoms with van der Waals surface area (Å²) in [4.78, 5) is 11.7. The van der Waals surface area contributed by atoms with Gasteiger partial charge in [-0.05, 0) is 29.9 Å². The molecule has 0 spiro atoms. The topological polar surface area (TPSA) is 37.3 Å². The Bertz CT molecular complexity index is 323. The number of benzene rings is 1. The summed E-state index contributed by atoms with van der Waals surface area (Å²) in [6.45, 7) is 1.94. The third kappa shape index (κ3) is 3.07. The smallest absolute Gasteiger partial charge is 0.303 e. The minimum absolute atomic E-state index is 0.0830. The van der Waals surface area contributed by atoms with E-state index in [4.69, 9.17) is 5.11 Å². The van der Waals surface area contributed by atoms with Gasteiger partial charge in [-0.1, -0.05) is 19.1 Å². The van der Waals surface area contributed by atoms with Gasteiger partial charge in [-0.2, -0.15) is 0 Å². The molecule has 76 valence electrons. The van der Waals surface area contributed by atoms with Crippen LogP contribution in [0.1, 0.15) is 24.8 Å². The molecule has 2 nitrogen and oxygen atoms in total. The minimum Gasteiger partial charge on any atom is -0.481 e. The van der Waals surface area contributed by atoms with Crippen molar-refractivity contribution in [3.8, 4) is 0 Å². The van der Waals surface area contributed by atoms with E-state index in [1.54, 1.807) is 11.8 Å². The van der Waals surface area contributed by atoms with E-state index in [9.17, 15) is 4.79 Å². The molecule has 0 aliphatic rings. The van der Waals surface area contributed by atoms with Crippen molar-refractivity contribution in [2.45, 2.75) is 24.2 Å². The molecule has 0 saturated heterocycles. The zero-order valence-corrected chi connectivity index (χ0v) is 9.17. The van der Waals surface area contributed by atoms with Gasteiger partial charge in [0.1, 0.15) is 0 Å². The summed E-state index contributed by atoms with van der Waals surface area (Å²) in [5.41, 5.74) is 1.10. The molecule has 0 fully saturated rings. The second kappa shape index (κ2) is 5.05. The molecule has 0 aromatic heterocycles. The van der Waals surface area contributed by atoms with Crippen LogP contribution in [0.3, 0.4) is 0 Å². The number of hydrogen-bond acceptors (Lipinski definition) is 2. The van der Waals surface area contributed by atoms with E-state index in [1.807, 2.05) is 31.4 Å². The van der Waals surface area contributed by atoms with Gasteiger partial charge in [-0.15, -0.1) is 11.8 Å². The maximum absolute atomic E-state index is 10.5. The Labute approximate surface area is 88.3 Å². The van der Waals surface area contributed by atoms with Crippen LogP contribution in [0.25, 0.3) is 0 Å². The fraction of sp³-hybridized carbons (Fsp3) is 0.364. The summed E-state index contributed by atoms with van der Waals surface area (Å²) in [7, 11) is 0. The Morgan fingerprint density at radius 2 is 2.29 bits per heavy atom. The van der Waals surface area contributed by atoms with Gasteiger partial charge in [0.2, 0.25) is 0 Å². The van der Waals surface area contributed by atoms with Gasteiger partial charge < -0.3 is 5.11 Å². The fourth-order valence-corrected chi connectivity index (χ4v) is 1.80. The first-order valence-electron chi connectivity index (χ1n) is 4.49. The number of carboxylic acid groups (broad SMARTS) is 1. The molecular weight excluding hydrogens is 196 g/mol. The molecule has 3 heteroatoms. The lowest BCUT2D eigenvalue weighted by atomic mass is 9.98. The lowest BCUT2D eigenvalue weighted by Gasteiger charge is -2.09. The van der Waals surface area contributed by atoms with E-state index in [2.05, 4.69) is 6.07 Å². The number of thioether (sulfide) groups is 1. The average molecular weight is 210 g/mol. The molecule has 0 bridgehead atoms. The number of carboxylic acids is 1. The van der Waals surface area contributed by atoms with Crippen LogP contribution in [0.2, 0.25) is 0 Å². The Kier molecular flexibility index (Phi) is 4.01. The lowest BCUT2D eigenvalue weighted by molar-refractivity contribution is -0.137. The minimum atomic E-state index is -0.743. The number of carbonyl (C=O) groups is 1. The Balaban J connectivity index is 2.78. The first-order chi connectivity index (χ1) is 6.63. The summed E-state index contributed by atoms with van der Waals surface area (Å²) < 4.78 is 0. The first-order valence-corrected chi connectivity index (χ1v) is 5.71. The molecule has 1 N–H and O–H groups in total. The molecule has 1 aromatic carbocycles. The molecule has 1 unspecified atom stereocenters. The largest absolute Gasteiger partial charge is 0.481 e. The van der Waals surface area contributed by atoms with Crippen molar-refractivity contribution in [2.24, 2.45) is 0 Å². The Hall–Kier alpha value is -0.960. The molecule has 14 heavy (non-hydrogen) atoms. The molecule has 0 radical (unpaired) electrons. The monoisotopic (exact) mass is 210 g/mol. The normalized spacial score (nSPS) is 12.4. The standard InChI is InChI=1S/C11H14O2S/c1-8(6-11(12)13)9-4-3-5-10(7-9)14-2/h3-5,7-8H,6H2,1-2H3,(H,12,13). The van der Waals surface area contributed by atoms with Gasteiger partial charge in [0.15, 0.2) is 0 Å². The van der Waals surface area contributed by atoms with Crippen molar-refractivity contribution in [3.05, 3.63) is 29.8 Å². The van der Waals surface area contributed by atoms with E-state index in [0.29, 0.717) is 0 Å². The van der Waals surface area contributed by atoms with Gasteiger partial charge in [0, 0.05) is 4.90 Å². The maximum Gasteiger partial charge on any atom is 0.303 e. The highest BCUT2D eigenvalue weighted by Gasteiger charge is 2.09. The summed E-state index contributed by atoms with van der Waals surface area (Å²) >= 11 is 1.67. The summed E-state index contributed by atoms with van der Waals surface area (Å²) in [6, 6.07) is 8.03. The van der Waals surface area contributed by atoms with Crippen molar-refractivity contribution in [1.82, 2.24) is 0 Å². The van der Waals surface area contributed by atoms with Gasteiger partial charge in [-0.25, -0.2) is 0 Å². The van der Waals surface area contributed by atoms with Crippen LogP contribution in [0.5, 0.6) is 0 Å². The lowest BCUT2D eigenvalue weighted by Crippen LogP contribution is -2.02. The molecular formula is C11H14O2S. The van der Waals surface area contributed by atoms with E-state index >= 15 is 0 Å². The molecule has 1 atom stereocenters. The van der Waals surface area contributed by atoms with Gasteiger partial charge in [0.25, 0.3) is 0 Å². The van der Waals surface area contributed by atoms with E-state index in [1.165, 1.54) is 4.90 Å². The molecule has 0 amide bonds. The zero-order valence-electron chi connectivity index (χ0n) is 8.36. The van der Waals surface area contributed by atoms with Crippen molar-refractivity contribution in [3.63, 3.8) is 0 Å². The van der Waals surface area contributed by atoms with Crippen LogP contribution in [0.15, 0.2) is 29.2 Å². The van der Waals surface area contributed by atoms with Gasteiger partial charge >= 0.3 is 5.97 Å². The molecule has 0 aliphatic carbocycles. The second-order valence-electron chi connectivity index (χ2n) is 3.28. The maximum atomic E-state index is 10.5. The highest BCUT2D eigenvalue weighted by atomic mass is 32.2. The predicted octanol–water partition coefficient (Wildman–Crippen LogP) is 2.99. The summed E-state index contributed by atoms with van der Waals surface area (Å²) in [5, 5.41) is 8.67. The average Bonchev–Trinajstić information content (AvgIpc) is 2.17.